The van der Waals surface area contributed by atoms with E-state index in [-0.39, 0.29) is 17.6 Å². The van der Waals surface area contributed by atoms with Gasteiger partial charge in [-0.3, -0.25) is 14.5 Å². The molecule has 3 aromatic rings. The van der Waals surface area contributed by atoms with Crippen molar-refractivity contribution in [3.63, 3.8) is 0 Å². The van der Waals surface area contributed by atoms with Gasteiger partial charge in [-0.2, -0.15) is 0 Å². The van der Waals surface area contributed by atoms with E-state index in [4.69, 9.17) is 0 Å². The topological polar surface area (TPSA) is 49.4 Å². The quantitative estimate of drug-likeness (QED) is 0.568. The van der Waals surface area contributed by atoms with Gasteiger partial charge >= 0.3 is 0 Å². The van der Waals surface area contributed by atoms with Gasteiger partial charge in [-0.15, -0.1) is 0 Å². The number of nitrogens with one attached hydrogen (secondary N) is 1. The summed E-state index contributed by atoms with van der Waals surface area (Å²) < 4.78 is 14.2. The molecule has 1 N–H and O–H groups in total. The highest BCUT2D eigenvalue weighted by Crippen LogP contribution is 2.47. The first-order valence-corrected chi connectivity index (χ1v) is 10.8. The summed E-state index contributed by atoms with van der Waals surface area (Å²) in [7, 11) is 0. The number of carbonyl (C=O) groups excluding carboxylic acids is 2. The molecule has 0 radical (unpaired) electrons. The Bertz CT molecular complexity index is 1240. The molecule has 2 aliphatic rings. The predicted octanol–water partition coefficient (Wildman–Crippen LogP) is 5.75. The van der Waals surface area contributed by atoms with Gasteiger partial charge in [0.15, 0.2) is 5.78 Å². The minimum absolute atomic E-state index is 0.0269. The van der Waals surface area contributed by atoms with Gasteiger partial charge in [-0.05, 0) is 47.7 Å². The van der Waals surface area contributed by atoms with E-state index in [1.54, 1.807) is 17.0 Å². The van der Waals surface area contributed by atoms with E-state index in [0.717, 1.165) is 16.9 Å². The van der Waals surface area contributed by atoms with Gasteiger partial charge in [0.25, 0.3) is 0 Å². The summed E-state index contributed by atoms with van der Waals surface area (Å²) in [5.41, 5.74) is 4.45. The van der Waals surface area contributed by atoms with Gasteiger partial charge < -0.3 is 5.32 Å². The molecule has 1 amide bonds. The van der Waals surface area contributed by atoms with E-state index in [2.05, 4.69) is 5.32 Å². The zero-order valence-electron chi connectivity index (χ0n) is 17.7. The first kappa shape index (κ1) is 20.2. The fourth-order valence-corrected chi connectivity index (χ4v) is 4.89. The third kappa shape index (κ3) is 3.50. The molecule has 32 heavy (non-hydrogen) atoms. The Morgan fingerprint density at radius 2 is 1.66 bits per heavy atom. The van der Waals surface area contributed by atoms with Crippen LogP contribution in [0.15, 0.2) is 90.1 Å². The number of amides is 1. The predicted molar refractivity (Wildman–Crippen MR) is 123 cm³/mol. The molecule has 0 saturated carbocycles. The number of hydrogen-bond acceptors (Lipinski definition) is 3. The molecule has 0 unspecified atom stereocenters. The maximum Gasteiger partial charge on any atom is 0.224 e. The standard InChI is InChI=1S/C27H23FN2O2/c1-17(31)30-24-13-6-5-12-22(24)29-23-15-20(18-8-3-2-4-9-18)16-25(32)26(23)27(30)19-10-7-11-21(28)14-19/h2-14,20,27,29H,15-16H2,1H3/t20-,27-/m1/s1. The van der Waals surface area contributed by atoms with Crippen molar-refractivity contribution < 1.29 is 14.0 Å². The molecule has 0 bridgehead atoms. The van der Waals surface area contributed by atoms with Crippen molar-refractivity contribution in [2.75, 3.05) is 10.2 Å². The van der Waals surface area contributed by atoms with Crippen LogP contribution in [0.25, 0.3) is 0 Å². The lowest BCUT2D eigenvalue weighted by Gasteiger charge is -2.34. The van der Waals surface area contributed by atoms with Crippen molar-refractivity contribution >= 4 is 23.1 Å². The lowest BCUT2D eigenvalue weighted by atomic mass is 9.78. The number of allylic oxidation sites excluding steroid dienone is 1. The van der Waals surface area contributed by atoms with E-state index in [1.807, 2.05) is 54.6 Å². The Labute approximate surface area is 186 Å². The lowest BCUT2D eigenvalue weighted by molar-refractivity contribution is -0.117. The van der Waals surface area contributed by atoms with Gasteiger partial charge in [0.05, 0.1) is 17.4 Å². The summed E-state index contributed by atoms with van der Waals surface area (Å²) in [6.45, 7) is 1.48. The van der Waals surface area contributed by atoms with Crippen LogP contribution >= 0.6 is 0 Å². The van der Waals surface area contributed by atoms with Crippen LogP contribution in [-0.2, 0) is 9.59 Å². The molecular formula is C27H23FN2O2. The number of halogens is 1. The maximum absolute atomic E-state index is 14.2. The summed E-state index contributed by atoms with van der Waals surface area (Å²) >= 11 is 0. The first-order valence-electron chi connectivity index (χ1n) is 10.8. The van der Waals surface area contributed by atoms with E-state index in [9.17, 15) is 14.0 Å². The average molecular weight is 426 g/mol. The Morgan fingerprint density at radius 1 is 0.938 bits per heavy atom. The van der Waals surface area contributed by atoms with Crippen LogP contribution < -0.4 is 10.2 Å². The second-order valence-electron chi connectivity index (χ2n) is 8.32. The monoisotopic (exact) mass is 426 g/mol. The second kappa shape index (κ2) is 8.08. The summed E-state index contributed by atoms with van der Waals surface area (Å²) in [5.74, 6) is -0.593. The van der Waals surface area contributed by atoms with Crippen LogP contribution in [0.1, 0.15) is 42.9 Å². The Morgan fingerprint density at radius 3 is 2.41 bits per heavy atom. The van der Waals surface area contributed by atoms with Crippen LogP contribution in [0.2, 0.25) is 0 Å². The largest absolute Gasteiger partial charge is 0.357 e. The number of ketones is 1. The molecule has 0 fully saturated rings. The molecule has 1 aliphatic carbocycles. The minimum Gasteiger partial charge on any atom is -0.357 e. The van der Waals surface area contributed by atoms with Crippen molar-refractivity contribution in [2.24, 2.45) is 0 Å². The molecular weight excluding hydrogens is 403 g/mol. The number of nitrogens with zero attached hydrogens (tertiary/aromatic N) is 1. The highest BCUT2D eigenvalue weighted by molar-refractivity contribution is 6.05. The van der Waals surface area contributed by atoms with Crippen molar-refractivity contribution in [2.45, 2.75) is 31.7 Å². The van der Waals surface area contributed by atoms with Crippen molar-refractivity contribution in [1.82, 2.24) is 0 Å². The molecule has 5 heteroatoms. The summed E-state index contributed by atoms with van der Waals surface area (Å²) in [6, 6.07) is 23.0. The molecule has 1 heterocycles. The number of fused-ring (bicyclic) bond motifs is 1. The third-order valence-electron chi connectivity index (χ3n) is 6.26. The van der Waals surface area contributed by atoms with Gasteiger partial charge in [-0.1, -0.05) is 54.6 Å². The van der Waals surface area contributed by atoms with Crippen LogP contribution in [-0.4, -0.2) is 11.7 Å². The van der Waals surface area contributed by atoms with Crippen LogP contribution in [0.3, 0.4) is 0 Å². The number of hydrogen-bond donors (Lipinski definition) is 1. The molecule has 160 valence electrons. The first-order chi connectivity index (χ1) is 15.5. The Balaban J connectivity index is 1.72. The zero-order valence-corrected chi connectivity index (χ0v) is 17.7. The average Bonchev–Trinajstić information content (AvgIpc) is 2.94. The normalized spacial score (nSPS) is 20.2. The Hall–Kier alpha value is -3.73. The number of anilines is 2. The van der Waals surface area contributed by atoms with Crippen LogP contribution in [0.4, 0.5) is 15.8 Å². The molecule has 5 rings (SSSR count). The smallest absolute Gasteiger partial charge is 0.224 e. The number of Topliss-reactive ketones (excluding diaryl/α,β-unsaturated/α-hetero) is 1. The number of carbonyl (C=O) groups is 2. The summed E-state index contributed by atoms with van der Waals surface area (Å²) in [6.07, 6.45) is 0.982. The molecule has 2 atom stereocenters. The summed E-state index contributed by atoms with van der Waals surface area (Å²) in [5, 5.41) is 3.46. The van der Waals surface area contributed by atoms with Crippen molar-refractivity contribution in [1.29, 1.82) is 0 Å². The van der Waals surface area contributed by atoms with Crippen LogP contribution in [0.5, 0.6) is 0 Å². The lowest BCUT2D eigenvalue weighted by Crippen LogP contribution is -2.37. The zero-order chi connectivity index (χ0) is 22.2. The van der Waals surface area contributed by atoms with E-state index in [0.29, 0.717) is 29.7 Å². The van der Waals surface area contributed by atoms with Crippen molar-refractivity contribution in [3.05, 3.63) is 107 Å². The highest BCUT2D eigenvalue weighted by atomic mass is 19.1. The molecule has 4 nitrogen and oxygen atoms in total. The minimum atomic E-state index is -0.696. The fourth-order valence-electron chi connectivity index (χ4n) is 4.89. The van der Waals surface area contributed by atoms with Crippen molar-refractivity contribution in [3.8, 4) is 0 Å². The molecule has 0 saturated heterocycles. The number of benzene rings is 3. The molecule has 0 spiro atoms. The highest BCUT2D eigenvalue weighted by Gasteiger charge is 2.40. The van der Waals surface area contributed by atoms with E-state index >= 15 is 0 Å². The third-order valence-corrected chi connectivity index (χ3v) is 6.26. The molecule has 3 aromatic carbocycles. The second-order valence-corrected chi connectivity index (χ2v) is 8.32. The SMILES string of the molecule is CC(=O)N1c2ccccc2NC2=C(C(=O)C[C@H](c3ccccc3)C2)[C@H]1c1cccc(F)c1. The van der Waals surface area contributed by atoms with E-state index < -0.39 is 11.9 Å². The summed E-state index contributed by atoms with van der Waals surface area (Å²) in [4.78, 5) is 28.2. The number of para-hydroxylation sites is 2. The molecule has 0 aromatic heterocycles. The maximum atomic E-state index is 14.2. The van der Waals surface area contributed by atoms with Gasteiger partial charge in [-0.25, -0.2) is 4.39 Å². The van der Waals surface area contributed by atoms with Gasteiger partial charge in [0, 0.05) is 24.6 Å². The molecule has 1 aliphatic heterocycles. The van der Waals surface area contributed by atoms with Gasteiger partial charge in [0.1, 0.15) is 5.82 Å². The fraction of sp³-hybridized carbons (Fsp3) is 0.185. The Kier molecular flexibility index (Phi) is 5.10. The van der Waals surface area contributed by atoms with E-state index in [1.165, 1.54) is 19.1 Å². The van der Waals surface area contributed by atoms with Crippen LogP contribution in [0, 0.1) is 5.82 Å². The number of rotatable bonds is 2. The van der Waals surface area contributed by atoms with Gasteiger partial charge in [0.2, 0.25) is 5.91 Å².